The van der Waals surface area contributed by atoms with Crippen LogP contribution in [0.25, 0.3) is 11.0 Å². The van der Waals surface area contributed by atoms with Crippen molar-refractivity contribution in [3.05, 3.63) is 30.6 Å². The maximum atomic E-state index is 5.84. The molecule has 0 amide bonds. The van der Waals surface area contributed by atoms with Crippen molar-refractivity contribution in [2.24, 2.45) is 0 Å². The molecule has 0 fully saturated rings. The van der Waals surface area contributed by atoms with Crippen molar-refractivity contribution in [3.63, 3.8) is 0 Å². The first kappa shape index (κ1) is 16.0. The highest BCUT2D eigenvalue weighted by Crippen LogP contribution is 2.11. The number of hydrogen-bond donors (Lipinski definition) is 0. The monoisotopic (exact) mass is 289 g/mol. The van der Waals surface area contributed by atoms with Crippen LogP contribution in [-0.4, -0.2) is 11.2 Å². The molecule has 0 saturated carbocycles. The number of ether oxygens (including phenoxy) is 1. The van der Waals surface area contributed by atoms with Gasteiger partial charge in [-0.05, 0) is 25.0 Å². The Morgan fingerprint density at radius 1 is 1.00 bits per heavy atom. The van der Waals surface area contributed by atoms with Crippen LogP contribution in [0.4, 0.5) is 0 Å². The van der Waals surface area contributed by atoms with E-state index in [2.05, 4.69) is 53.6 Å². The molecular weight excluding hydrogens is 260 g/mol. The van der Waals surface area contributed by atoms with Crippen LogP contribution in [0.15, 0.2) is 30.6 Å². The Morgan fingerprint density at radius 2 is 1.81 bits per heavy atom. The second kappa shape index (κ2) is 8.83. The molecule has 0 unspecified atom stereocenters. The van der Waals surface area contributed by atoms with Crippen LogP contribution in [0.5, 0.6) is 0 Å². The van der Waals surface area contributed by atoms with Crippen molar-refractivity contribution in [2.75, 3.05) is 6.61 Å². The van der Waals surface area contributed by atoms with Crippen molar-refractivity contribution >= 4 is 11.0 Å². The summed E-state index contributed by atoms with van der Waals surface area (Å²) in [6.07, 6.45) is 9.68. The maximum absolute atomic E-state index is 5.84. The number of fused-ring (bicyclic) bond motifs is 1. The summed E-state index contributed by atoms with van der Waals surface area (Å²) in [5.74, 6) is 0. The molecule has 0 atom stereocenters. The molecule has 0 saturated heterocycles. The molecule has 2 rings (SSSR count). The Labute approximate surface area is 128 Å². The number of rotatable bonds is 10. The minimum atomic E-state index is 0.658. The first-order chi connectivity index (χ1) is 10.4. The van der Waals surface area contributed by atoms with E-state index in [-0.39, 0.29) is 0 Å². The van der Waals surface area contributed by atoms with Gasteiger partial charge in [-0.1, -0.05) is 51.7 Å². The SMILES string of the molecule is CCCCCCOC[n+]1cn(CCCC)c2ccccc21. The van der Waals surface area contributed by atoms with Crippen molar-refractivity contribution in [1.82, 2.24) is 4.57 Å². The Morgan fingerprint density at radius 3 is 2.62 bits per heavy atom. The van der Waals surface area contributed by atoms with Gasteiger partial charge in [-0.15, -0.1) is 0 Å². The van der Waals surface area contributed by atoms with Gasteiger partial charge in [0.2, 0.25) is 6.33 Å². The Hall–Kier alpha value is -1.35. The van der Waals surface area contributed by atoms with E-state index in [0.29, 0.717) is 6.73 Å². The highest BCUT2D eigenvalue weighted by atomic mass is 16.5. The van der Waals surface area contributed by atoms with Crippen molar-refractivity contribution < 1.29 is 9.30 Å². The number of aromatic nitrogens is 2. The summed E-state index contributed by atoms with van der Waals surface area (Å²) in [7, 11) is 0. The Balaban J connectivity index is 1.95. The third-order valence-electron chi connectivity index (χ3n) is 3.90. The molecule has 21 heavy (non-hydrogen) atoms. The topological polar surface area (TPSA) is 18.0 Å². The summed E-state index contributed by atoms with van der Waals surface area (Å²) < 4.78 is 10.4. The molecule has 0 N–H and O–H groups in total. The fourth-order valence-corrected chi connectivity index (χ4v) is 2.65. The number of nitrogens with zero attached hydrogens (tertiary/aromatic N) is 2. The van der Waals surface area contributed by atoms with E-state index in [1.54, 1.807) is 0 Å². The molecular formula is C18H29N2O+. The molecule has 1 aromatic carbocycles. The summed E-state index contributed by atoms with van der Waals surface area (Å²) in [5.41, 5.74) is 2.57. The summed E-state index contributed by atoms with van der Waals surface area (Å²) in [6.45, 7) is 7.08. The quantitative estimate of drug-likeness (QED) is 0.471. The van der Waals surface area contributed by atoms with Gasteiger partial charge >= 0.3 is 0 Å². The molecule has 1 aromatic heterocycles. The average molecular weight is 289 g/mol. The van der Waals surface area contributed by atoms with Crippen molar-refractivity contribution in [3.8, 4) is 0 Å². The molecule has 0 aliphatic heterocycles. The van der Waals surface area contributed by atoms with E-state index in [9.17, 15) is 0 Å². The summed E-state index contributed by atoms with van der Waals surface area (Å²) >= 11 is 0. The van der Waals surface area contributed by atoms with Crippen LogP contribution < -0.4 is 4.57 Å². The smallest absolute Gasteiger partial charge is 0.246 e. The van der Waals surface area contributed by atoms with E-state index in [1.807, 2.05) is 0 Å². The summed E-state index contributed by atoms with van der Waals surface area (Å²) in [4.78, 5) is 0. The number of benzene rings is 1. The standard InChI is InChI=1S/C18H29N2O/c1-3-5-7-10-14-21-16-20-15-19(13-6-4-2)17-11-8-9-12-18(17)20/h8-9,11-12,15H,3-7,10,13-14,16H2,1-2H3/q+1. The van der Waals surface area contributed by atoms with Crippen LogP contribution in [0.2, 0.25) is 0 Å². The number of imidazole rings is 1. The molecule has 0 aliphatic rings. The van der Waals surface area contributed by atoms with Gasteiger partial charge in [0, 0.05) is 0 Å². The lowest BCUT2D eigenvalue weighted by atomic mass is 10.2. The zero-order valence-corrected chi connectivity index (χ0v) is 13.6. The van der Waals surface area contributed by atoms with Gasteiger partial charge < -0.3 is 4.74 Å². The summed E-state index contributed by atoms with van der Waals surface area (Å²) in [5, 5.41) is 0. The summed E-state index contributed by atoms with van der Waals surface area (Å²) in [6, 6.07) is 8.59. The lowest BCUT2D eigenvalue weighted by molar-refractivity contribution is -0.710. The first-order valence-electron chi connectivity index (χ1n) is 8.41. The molecule has 2 aromatic rings. The van der Waals surface area contributed by atoms with Crippen molar-refractivity contribution in [1.29, 1.82) is 0 Å². The average Bonchev–Trinajstić information content (AvgIpc) is 2.87. The van der Waals surface area contributed by atoms with E-state index >= 15 is 0 Å². The van der Waals surface area contributed by atoms with E-state index in [4.69, 9.17) is 4.74 Å². The predicted molar refractivity (Wildman–Crippen MR) is 87.1 cm³/mol. The van der Waals surface area contributed by atoms with E-state index < -0.39 is 0 Å². The number of aryl methyl sites for hydroxylation is 1. The third kappa shape index (κ3) is 4.57. The Kier molecular flexibility index (Phi) is 6.74. The van der Waals surface area contributed by atoms with Gasteiger partial charge in [0.05, 0.1) is 13.2 Å². The highest BCUT2D eigenvalue weighted by molar-refractivity contribution is 5.71. The second-order valence-electron chi connectivity index (χ2n) is 5.72. The fourth-order valence-electron chi connectivity index (χ4n) is 2.65. The molecule has 0 bridgehead atoms. The van der Waals surface area contributed by atoms with Gasteiger partial charge in [-0.25, -0.2) is 9.13 Å². The zero-order valence-electron chi connectivity index (χ0n) is 13.6. The molecule has 0 radical (unpaired) electrons. The van der Waals surface area contributed by atoms with Crippen LogP contribution in [0.1, 0.15) is 52.4 Å². The van der Waals surface area contributed by atoms with Crippen molar-refractivity contribution in [2.45, 2.75) is 65.6 Å². The molecule has 3 heteroatoms. The minimum absolute atomic E-state index is 0.658. The van der Waals surface area contributed by atoms with Gasteiger partial charge in [-0.3, -0.25) is 0 Å². The van der Waals surface area contributed by atoms with Gasteiger partial charge in [0.15, 0.2) is 17.8 Å². The normalized spacial score (nSPS) is 11.3. The maximum Gasteiger partial charge on any atom is 0.246 e. The van der Waals surface area contributed by atoms with Crippen LogP contribution >= 0.6 is 0 Å². The van der Waals surface area contributed by atoms with Gasteiger partial charge in [-0.2, -0.15) is 0 Å². The molecule has 1 heterocycles. The van der Waals surface area contributed by atoms with Crippen LogP contribution in [-0.2, 0) is 18.0 Å². The highest BCUT2D eigenvalue weighted by Gasteiger charge is 2.14. The number of para-hydroxylation sites is 2. The predicted octanol–water partition coefficient (Wildman–Crippen LogP) is 4.28. The lowest BCUT2D eigenvalue weighted by Crippen LogP contribution is -2.34. The number of hydrogen-bond acceptors (Lipinski definition) is 1. The zero-order chi connectivity index (χ0) is 14.9. The minimum Gasteiger partial charge on any atom is -0.342 e. The van der Waals surface area contributed by atoms with Crippen LogP contribution in [0.3, 0.4) is 0 Å². The number of unbranched alkanes of at least 4 members (excludes halogenated alkanes) is 4. The lowest BCUT2D eigenvalue weighted by Gasteiger charge is -2.01. The largest absolute Gasteiger partial charge is 0.342 e. The van der Waals surface area contributed by atoms with E-state index in [1.165, 1.54) is 49.6 Å². The molecule has 0 spiro atoms. The Bertz CT molecular complexity index is 533. The molecule has 116 valence electrons. The third-order valence-corrected chi connectivity index (χ3v) is 3.90. The fraction of sp³-hybridized carbons (Fsp3) is 0.611. The van der Waals surface area contributed by atoms with Gasteiger partial charge in [0.1, 0.15) is 0 Å². The first-order valence-corrected chi connectivity index (χ1v) is 8.41. The van der Waals surface area contributed by atoms with E-state index in [0.717, 1.165) is 13.2 Å². The molecule has 3 nitrogen and oxygen atoms in total. The van der Waals surface area contributed by atoms with Crippen LogP contribution in [0, 0.1) is 0 Å². The van der Waals surface area contributed by atoms with Gasteiger partial charge in [0.25, 0.3) is 0 Å². The molecule has 0 aliphatic carbocycles. The second-order valence-corrected chi connectivity index (χ2v) is 5.72.